The monoisotopic (exact) mass is 429 g/mol. The largest absolute Gasteiger partial charge is 0.328 e. The van der Waals surface area contributed by atoms with Crippen molar-refractivity contribution in [1.29, 1.82) is 0 Å². The van der Waals surface area contributed by atoms with E-state index in [0.717, 1.165) is 58.9 Å². The maximum Gasteiger partial charge on any atom is 0.269 e. The van der Waals surface area contributed by atoms with Gasteiger partial charge < -0.3 is 19.6 Å². The lowest BCUT2D eigenvalue weighted by atomic mass is 10.2. The Morgan fingerprint density at radius 3 is 1.97 bits per heavy atom. The molecule has 1 aromatic rings. The molecule has 0 spiro atoms. The van der Waals surface area contributed by atoms with Crippen LogP contribution in [0.25, 0.3) is 0 Å². The van der Waals surface area contributed by atoms with Gasteiger partial charge >= 0.3 is 0 Å². The van der Waals surface area contributed by atoms with Crippen LogP contribution >= 0.6 is 0 Å². The maximum absolute atomic E-state index is 13.1. The number of rotatable bonds is 7. The number of likely N-dealkylation sites (N-methyl/N-ethyl adjacent to an activating group) is 2. The van der Waals surface area contributed by atoms with Gasteiger partial charge in [0.2, 0.25) is 0 Å². The molecule has 1 atom stereocenters. The van der Waals surface area contributed by atoms with E-state index in [1.54, 1.807) is 4.90 Å². The highest BCUT2D eigenvalue weighted by atomic mass is 32.2. The molecule has 0 unspecified atom stereocenters. The van der Waals surface area contributed by atoms with E-state index >= 15 is 0 Å². The number of nitro groups is 1. The fourth-order valence-corrected chi connectivity index (χ4v) is 6.07. The van der Waals surface area contributed by atoms with Crippen LogP contribution in [0.1, 0.15) is 0 Å². The Kier molecular flexibility index (Phi) is 7.23. The van der Waals surface area contributed by atoms with Crippen LogP contribution in [0.2, 0.25) is 0 Å². The molecule has 2 fully saturated rings. The van der Waals surface area contributed by atoms with Gasteiger partial charge in [-0.3, -0.25) is 10.1 Å². The van der Waals surface area contributed by atoms with Gasteiger partial charge in [0.05, 0.1) is 23.9 Å². The molecule has 0 amide bonds. The van der Waals surface area contributed by atoms with Crippen molar-refractivity contribution in [2.24, 2.45) is 0 Å². The molecule has 29 heavy (non-hydrogen) atoms. The minimum atomic E-state index is -3.50. The second-order valence-corrected chi connectivity index (χ2v) is 10.8. The second-order valence-electron chi connectivity index (χ2n) is 8.76. The van der Waals surface area contributed by atoms with E-state index in [1.165, 1.54) is 39.0 Å². The van der Waals surface area contributed by atoms with Gasteiger partial charge in [-0.1, -0.05) is 0 Å². The molecule has 1 aromatic carbocycles. The van der Waals surface area contributed by atoms with Gasteiger partial charge in [0, 0.05) is 12.1 Å². The molecule has 4 N–H and O–H groups in total. The number of nitrogens with one attached hydrogen (secondary N) is 4. The first kappa shape index (κ1) is 22.1. The number of hydrogen-bond donors (Lipinski definition) is 4. The summed E-state index contributed by atoms with van der Waals surface area (Å²) in [6, 6.07) is 5.36. The van der Waals surface area contributed by atoms with E-state index < -0.39 is 14.8 Å². The molecule has 0 aromatic heterocycles. The van der Waals surface area contributed by atoms with Crippen molar-refractivity contribution in [2.75, 3.05) is 78.8 Å². The Labute approximate surface area is 172 Å². The van der Waals surface area contributed by atoms with Crippen LogP contribution in [-0.2, 0) is 9.84 Å². The van der Waals surface area contributed by atoms with Gasteiger partial charge in [-0.25, -0.2) is 8.42 Å². The molecule has 0 bridgehead atoms. The normalized spacial score (nSPS) is 29.3. The maximum atomic E-state index is 13.1. The van der Waals surface area contributed by atoms with Crippen molar-refractivity contribution in [3.63, 3.8) is 0 Å². The number of benzene rings is 1. The Morgan fingerprint density at radius 1 is 0.931 bits per heavy atom. The summed E-state index contributed by atoms with van der Waals surface area (Å²) >= 11 is 0. The lowest BCUT2D eigenvalue weighted by Gasteiger charge is -2.35. The van der Waals surface area contributed by atoms with Crippen molar-refractivity contribution >= 4 is 15.5 Å². The van der Waals surface area contributed by atoms with E-state index in [4.69, 9.17) is 0 Å². The highest BCUT2D eigenvalue weighted by Crippen LogP contribution is 2.17. The standard InChI is InChI=1S/C19H31N5O4S/c1-20-7-11-22(12-8-20)15-18(23-13-9-21(2)10-14-23)16-29(27,28)19-5-3-17(4-6-19)24(25)26/h3-6,18H,7-16H2,1-2H3/p+4/t18-/m0/s1. The average Bonchev–Trinajstić information content (AvgIpc) is 2.69. The molecule has 0 radical (unpaired) electrons. The summed E-state index contributed by atoms with van der Waals surface area (Å²) in [5, 5.41) is 10.9. The molecular weight excluding hydrogens is 394 g/mol. The number of quaternary nitrogens is 4. The third-order valence-electron chi connectivity index (χ3n) is 6.50. The molecule has 2 heterocycles. The Morgan fingerprint density at radius 2 is 1.45 bits per heavy atom. The van der Waals surface area contributed by atoms with Crippen LogP contribution in [0.4, 0.5) is 5.69 Å². The van der Waals surface area contributed by atoms with Gasteiger partial charge in [-0.05, 0) is 12.1 Å². The van der Waals surface area contributed by atoms with Crippen molar-refractivity contribution in [2.45, 2.75) is 10.9 Å². The number of piperazine rings is 2. The van der Waals surface area contributed by atoms with Gasteiger partial charge in [0.15, 0.2) is 15.9 Å². The molecule has 0 aliphatic carbocycles. The van der Waals surface area contributed by atoms with Crippen molar-refractivity contribution in [3.05, 3.63) is 34.4 Å². The lowest BCUT2D eigenvalue weighted by Crippen LogP contribution is -3.33. The number of nitro benzene ring substituents is 1. The zero-order chi connectivity index (χ0) is 21.0. The van der Waals surface area contributed by atoms with E-state index in [1.807, 2.05) is 0 Å². The molecule has 0 saturated carbocycles. The van der Waals surface area contributed by atoms with Gasteiger partial charge in [-0.15, -0.1) is 0 Å². The molecule has 2 aliphatic rings. The third kappa shape index (κ3) is 5.95. The van der Waals surface area contributed by atoms with Crippen LogP contribution < -0.4 is 19.6 Å². The first-order chi connectivity index (χ1) is 13.7. The van der Waals surface area contributed by atoms with Gasteiger partial charge in [0.1, 0.15) is 64.7 Å². The smallest absolute Gasteiger partial charge is 0.269 e. The molecule has 3 rings (SSSR count). The molecule has 2 saturated heterocycles. The van der Waals surface area contributed by atoms with Crippen LogP contribution in [-0.4, -0.2) is 98.1 Å². The highest BCUT2D eigenvalue weighted by Gasteiger charge is 2.36. The van der Waals surface area contributed by atoms with Crippen LogP contribution in [0, 0.1) is 10.1 Å². The highest BCUT2D eigenvalue weighted by molar-refractivity contribution is 7.91. The Hall–Kier alpha value is -1.59. The van der Waals surface area contributed by atoms with Gasteiger partial charge in [-0.2, -0.15) is 0 Å². The van der Waals surface area contributed by atoms with Crippen LogP contribution in [0.15, 0.2) is 29.2 Å². The van der Waals surface area contributed by atoms with Crippen LogP contribution in [0.3, 0.4) is 0 Å². The molecule has 162 valence electrons. The van der Waals surface area contributed by atoms with E-state index in [2.05, 4.69) is 14.1 Å². The second kappa shape index (κ2) is 9.48. The average molecular weight is 430 g/mol. The number of non-ortho nitro benzene ring substituents is 1. The Balaban J connectivity index is 1.74. The van der Waals surface area contributed by atoms with Crippen LogP contribution in [0.5, 0.6) is 0 Å². The Bertz CT molecular complexity index is 785. The zero-order valence-electron chi connectivity index (χ0n) is 17.4. The van der Waals surface area contributed by atoms with E-state index in [9.17, 15) is 18.5 Å². The fraction of sp³-hybridized carbons (Fsp3) is 0.684. The first-order valence-electron chi connectivity index (χ1n) is 10.5. The summed E-state index contributed by atoms with van der Waals surface area (Å²) in [4.78, 5) is 16.5. The number of hydrogen-bond acceptors (Lipinski definition) is 4. The topological polar surface area (TPSA) is 95.0 Å². The van der Waals surface area contributed by atoms with E-state index in [0.29, 0.717) is 0 Å². The quantitative estimate of drug-likeness (QED) is 0.257. The molecule has 9 nitrogen and oxygen atoms in total. The summed E-state index contributed by atoms with van der Waals surface area (Å²) < 4.78 is 26.2. The first-order valence-corrected chi connectivity index (χ1v) is 12.2. The molecule has 2 aliphatic heterocycles. The summed E-state index contributed by atoms with van der Waals surface area (Å²) in [5.41, 5.74) is -0.0856. The minimum Gasteiger partial charge on any atom is -0.328 e. The summed E-state index contributed by atoms with van der Waals surface area (Å²) in [5.74, 6) is 0.103. The van der Waals surface area contributed by atoms with E-state index in [-0.39, 0.29) is 22.4 Å². The fourth-order valence-electron chi connectivity index (χ4n) is 4.45. The molecule has 10 heteroatoms. The summed E-state index contributed by atoms with van der Waals surface area (Å²) in [6.07, 6.45) is 0. The zero-order valence-corrected chi connectivity index (χ0v) is 18.3. The van der Waals surface area contributed by atoms with Crippen molar-refractivity contribution < 1.29 is 32.9 Å². The van der Waals surface area contributed by atoms with Crippen molar-refractivity contribution in [1.82, 2.24) is 0 Å². The molecular formula is C19H35N5O4S+4. The SMILES string of the molecule is C[NH+]1CC[NH+](C[C@@H](CS(=O)(=O)c2ccc([N+](=O)[O-])cc2)[NH+]2CC[NH+](C)CC2)CC1. The predicted molar refractivity (Wildman–Crippen MR) is 108 cm³/mol. The van der Waals surface area contributed by atoms with Gasteiger partial charge in [0.25, 0.3) is 5.69 Å². The lowest BCUT2D eigenvalue weighted by molar-refractivity contribution is -1.05. The minimum absolute atomic E-state index is 0.0525. The predicted octanol–water partition coefficient (Wildman–Crippen LogP) is -5.44. The number of nitrogens with zero attached hydrogens (tertiary/aromatic N) is 1. The summed E-state index contributed by atoms with van der Waals surface area (Å²) in [7, 11) is 0.903. The van der Waals surface area contributed by atoms with Crippen molar-refractivity contribution in [3.8, 4) is 0 Å². The third-order valence-corrected chi connectivity index (χ3v) is 8.33. The summed E-state index contributed by atoms with van der Waals surface area (Å²) in [6.45, 7) is 9.38. The number of sulfone groups is 1.